The lowest BCUT2D eigenvalue weighted by Gasteiger charge is -2.12. The normalized spacial score (nSPS) is 11.2. The van der Waals surface area contributed by atoms with Crippen LogP contribution in [0.25, 0.3) is 22.3 Å². The van der Waals surface area contributed by atoms with E-state index in [9.17, 15) is 9.59 Å². The highest BCUT2D eigenvalue weighted by atomic mass is 79.9. The maximum atomic E-state index is 13.5. The Morgan fingerprint density at radius 3 is 2.49 bits per heavy atom. The smallest absolute Gasteiger partial charge is 0.343 e. The van der Waals surface area contributed by atoms with Crippen molar-refractivity contribution in [1.82, 2.24) is 9.66 Å². The van der Waals surface area contributed by atoms with Crippen LogP contribution in [0.5, 0.6) is 5.75 Å². The summed E-state index contributed by atoms with van der Waals surface area (Å²) in [6, 6.07) is 27.1. The molecule has 0 saturated carbocycles. The highest BCUT2D eigenvalue weighted by Gasteiger charge is 2.17. The molecule has 5 rings (SSSR count). The van der Waals surface area contributed by atoms with Gasteiger partial charge in [0.25, 0.3) is 5.56 Å². The number of aromatic nitrogens is 2. The van der Waals surface area contributed by atoms with E-state index in [0.717, 1.165) is 15.6 Å². The van der Waals surface area contributed by atoms with Gasteiger partial charge in [0.15, 0.2) is 11.6 Å². The largest absolute Gasteiger partial charge is 0.421 e. The third-order valence-corrected chi connectivity index (χ3v) is 6.63. The Hall–Kier alpha value is -3.88. The molecule has 0 aliphatic heterocycles. The summed E-state index contributed by atoms with van der Waals surface area (Å²) in [4.78, 5) is 31.1. The molecule has 0 radical (unpaired) electrons. The Balaban J connectivity index is 1.64. The quantitative estimate of drug-likeness (QED) is 0.121. The molecule has 182 valence electrons. The molecule has 0 unspecified atom stereocenters. The van der Waals surface area contributed by atoms with E-state index in [1.54, 1.807) is 54.6 Å². The molecule has 0 bridgehead atoms. The van der Waals surface area contributed by atoms with Crippen molar-refractivity contribution in [1.29, 1.82) is 0 Å². The van der Waals surface area contributed by atoms with E-state index < -0.39 is 5.97 Å². The highest BCUT2D eigenvalue weighted by molar-refractivity contribution is 9.11. The molecule has 37 heavy (non-hydrogen) atoms. The van der Waals surface area contributed by atoms with Crippen molar-refractivity contribution in [3.8, 4) is 17.1 Å². The Labute approximate surface area is 229 Å². The number of hydrogen-bond acceptors (Lipinski definition) is 5. The van der Waals surface area contributed by atoms with Gasteiger partial charge < -0.3 is 4.74 Å². The molecule has 0 atom stereocenters. The SMILES string of the molecule is Cc1cccc(-c2nc3ccccc3c(=O)n2N=Cc2cc(Br)cc(Br)c2OC(=O)c2ccccc2)c1. The standard InChI is InChI=1S/C29H19Br2N3O3/c1-18-8-7-11-20(14-18)27-33-25-13-6-5-12-23(25)28(35)34(27)32-17-21-15-22(30)16-24(31)26(21)37-29(36)19-9-3-2-4-10-19/h2-17H,1H3. The number of benzene rings is 4. The zero-order valence-electron chi connectivity index (χ0n) is 19.6. The van der Waals surface area contributed by atoms with Gasteiger partial charge in [-0.25, -0.2) is 9.78 Å². The van der Waals surface area contributed by atoms with Gasteiger partial charge in [0.05, 0.1) is 27.2 Å². The van der Waals surface area contributed by atoms with Crippen LogP contribution in [0.4, 0.5) is 0 Å². The van der Waals surface area contributed by atoms with E-state index in [2.05, 4.69) is 37.0 Å². The van der Waals surface area contributed by atoms with Crippen LogP contribution in [0.3, 0.4) is 0 Å². The minimum atomic E-state index is -0.511. The van der Waals surface area contributed by atoms with Crippen LogP contribution in [0.1, 0.15) is 21.5 Å². The Kier molecular flexibility index (Phi) is 7.12. The van der Waals surface area contributed by atoms with Gasteiger partial charge in [-0.15, -0.1) is 0 Å². The molecule has 5 aromatic rings. The fourth-order valence-electron chi connectivity index (χ4n) is 3.83. The molecule has 0 spiro atoms. The van der Waals surface area contributed by atoms with Crippen LogP contribution in [0.2, 0.25) is 0 Å². The summed E-state index contributed by atoms with van der Waals surface area (Å²) in [6.45, 7) is 1.97. The van der Waals surface area contributed by atoms with Crippen LogP contribution < -0.4 is 10.3 Å². The van der Waals surface area contributed by atoms with Crippen LogP contribution >= 0.6 is 31.9 Å². The number of hydrogen-bond donors (Lipinski definition) is 0. The number of nitrogens with zero attached hydrogens (tertiary/aromatic N) is 3. The number of para-hydroxylation sites is 1. The van der Waals surface area contributed by atoms with Crippen molar-refractivity contribution in [2.24, 2.45) is 5.10 Å². The van der Waals surface area contributed by atoms with Crippen LogP contribution in [-0.4, -0.2) is 21.8 Å². The van der Waals surface area contributed by atoms with Gasteiger partial charge in [-0.1, -0.05) is 70.0 Å². The van der Waals surface area contributed by atoms with E-state index in [4.69, 9.17) is 9.72 Å². The van der Waals surface area contributed by atoms with Gasteiger partial charge in [-0.2, -0.15) is 9.78 Å². The molecule has 8 heteroatoms. The van der Waals surface area contributed by atoms with Gasteiger partial charge in [0.2, 0.25) is 0 Å². The first kappa shape index (κ1) is 24.8. The second-order valence-corrected chi connectivity index (χ2v) is 10.0. The Morgan fingerprint density at radius 2 is 1.70 bits per heavy atom. The third-order valence-electron chi connectivity index (χ3n) is 5.58. The first-order valence-electron chi connectivity index (χ1n) is 11.3. The summed E-state index contributed by atoms with van der Waals surface area (Å²) in [5, 5.41) is 4.99. The molecule has 4 aromatic carbocycles. The summed E-state index contributed by atoms with van der Waals surface area (Å²) < 4.78 is 8.30. The van der Waals surface area contributed by atoms with Gasteiger partial charge in [0.1, 0.15) is 0 Å². The van der Waals surface area contributed by atoms with Crippen LogP contribution in [0.15, 0.2) is 110 Å². The maximum absolute atomic E-state index is 13.5. The molecule has 0 amide bonds. The number of rotatable bonds is 5. The van der Waals surface area contributed by atoms with Crippen molar-refractivity contribution in [3.05, 3.63) is 127 Å². The number of ether oxygens (including phenoxy) is 1. The summed E-state index contributed by atoms with van der Waals surface area (Å²) in [6.07, 6.45) is 1.49. The van der Waals surface area contributed by atoms with Crippen molar-refractivity contribution in [2.75, 3.05) is 0 Å². The fraction of sp³-hybridized carbons (Fsp3) is 0.0345. The number of esters is 1. The van der Waals surface area contributed by atoms with Gasteiger partial charge in [0, 0.05) is 15.6 Å². The summed E-state index contributed by atoms with van der Waals surface area (Å²) in [5.74, 6) is 0.170. The van der Waals surface area contributed by atoms with Crippen molar-refractivity contribution >= 4 is 54.9 Å². The second-order valence-electron chi connectivity index (χ2n) is 8.25. The lowest BCUT2D eigenvalue weighted by atomic mass is 10.1. The molecule has 6 nitrogen and oxygen atoms in total. The minimum Gasteiger partial charge on any atom is -0.421 e. The molecule has 1 heterocycles. The monoisotopic (exact) mass is 615 g/mol. The van der Waals surface area contributed by atoms with E-state index in [1.807, 2.05) is 43.3 Å². The number of carbonyl (C=O) groups is 1. The van der Waals surface area contributed by atoms with Crippen molar-refractivity contribution in [2.45, 2.75) is 6.92 Å². The molecule has 1 aromatic heterocycles. The lowest BCUT2D eigenvalue weighted by molar-refractivity contribution is 0.0733. The minimum absolute atomic E-state index is 0.278. The topological polar surface area (TPSA) is 73.6 Å². The van der Waals surface area contributed by atoms with E-state index in [0.29, 0.717) is 32.3 Å². The summed E-state index contributed by atoms with van der Waals surface area (Å²) >= 11 is 6.96. The summed E-state index contributed by atoms with van der Waals surface area (Å²) in [5.41, 5.74) is 2.96. The second kappa shape index (κ2) is 10.6. The molecular formula is C29H19Br2N3O3. The third kappa shape index (κ3) is 5.30. The van der Waals surface area contributed by atoms with Gasteiger partial charge in [-0.05, 0) is 65.3 Å². The zero-order valence-corrected chi connectivity index (χ0v) is 22.7. The maximum Gasteiger partial charge on any atom is 0.343 e. The van der Waals surface area contributed by atoms with E-state index >= 15 is 0 Å². The average molecular weight is 617 g/mol. The Bertz CT molecular complexity index is 1730. The fourth-order valence-corrected chi connectivity index (χ4v) is 5.17. The van der Waals surface area contributed by atoms with E-state index in [-0.39, 0.29) is 11.3 Å². The average Bonchev–Trinajstić information content (AvgIpc) is 2.90. The predicted molar refractivity (Wildman–Crippen MR) is 152 cm³/mol. The zero-order chi connectivity index (χ0) is 25.9. The first-order chi connectivity index (χ1) is 17.9. The Morgan fingerprint density at radius 1 is 0.946 bits per heavy atom. The van der Waals surface area contributed by atoms with Gasteiger partial charge in [-0.3, -0.25) is 4.79 Å². The molecule has 0 fully saturated rings. The highest BCUT2D eigenvalue weighted by Crippen LogP contribution is 2.33. The molecule has 0 aliphatic carbocycles. The number of aryl methyl sites for hydroxylation is 1. The number of carbonyl (C=O) groups excluding carboxylic acids is 1. The van der Waals surface area contributed by atoms with Crippen molar-refractivity contribution < 1.29 is 9.53 Å². The van der Waals surface area contributed by atoms with E-state index in [1.165, 1.54) is 10.9 Å². The predicted octanol–water partition coefficient (Wildman–Crippen LogP) is 7.00. The molecule has 0 saturated heterocycles. The first-order valence-corrected chi connectivity index (χ1v) is 12.9. The van der Waals surface area contributed by atoms with Crippen LogP contribution in [-0.2, 0) is 0 Å². The van der Waals surface area contributed by atoms with Crippen LogP contribution in [0, 0.1) is 6.92 Å². The van der Waals surface area contributed by atoms with Gasteiger partial charge >= 0.3 is 5.97 Å². The molecule has 0 N–H and O–H groups in total. The van der Waals surface area contributed by atoms with Crippen molar-refractivity contribution in [3.63, 3.8) is 0 Å². The number of halogens is 2. The lowest BCUT2D eigenvalue weighted by Crippen LogP contribution is -2.20. The molecular weight excluding hydrogens is 598 g/mol. The summed E-state index contributed by atoms with van der Waals surface area (Å²) in [7, 11) is 0. The molecule has 0 aliphatic rings. The number of fused-ring (bicyclic) bond motifs is 1.